The van der Waals surface area contributed by atoms with Gasteiger partial charge in [0.05, 0.1) is 18.5 Å². The Labute approximate surface area is 166 Å². The maximum atomic E-state index is 12.4. The molecule has 1 amide bonds. The average molecular weight is 464 g/mol. The van der Waals surface area contributed by atoms with Gasteiger partial charge in [0.1, 0.15) is 6.54 Å². The number of rotatable bonds is 7. The lowest BCUT2D eigenvalue weighted by molar-refractivity contribution is -0.120. The van der Waals surface area contributed by atoms with Crippen molar-refractivity contribution in [3.8, 4) is 0 Å². The van der Waals surface area contributed by atoms with Gasteiger partial charge in [0.25, 0.3) is 0 Å². The van der Waals surface area contributed by atoms with Gasteiger partial charge >= 0.3 is 0 Å². The van der Waals surface area contributed by atoms with E-state index in [4.69, 9.17) is 4.74 Å². The van der Waals surface area contributed by atoms with Crippen molar-refractivity contribution in [2.75, 3.05) is 51.3 Å². The Hall–Kier alpha value is -1.36. The Bertz CT molecular complexity index is 563. The topological polar surface area (TPSA) is 75.0 Å². The number of carbonyl (C=O) groups is 1. The highest BCUT2D eigenvalue weighted by Gasteiger charge is 2.27. The van der Waals surface area contributed by atoms with Gasteiger partial charge in [-0.1, -0.05) is 13.3 Å². The second kappa shape index (κ2) is 11.3. The molecule has 25 heavy (non-hydrogen) atoms. The van der Waals surface area contributed by atoms with Gasteiger partial charge in [0.15, 0.2) is 5.96 Å². The number of guanidine groups is 1. The highest BCUT2D eigenvalue weighted by Crippen LogP contribution is 2.15. The monoisotopic (exact) mass is 464 g/mol. The number of aromatic nitrogens is 2. The molecular weight excluding hydrogens is 435 g/mol. The SMILES string of the molecule is CCCCOCCNC(=NC)N1CCN(c2cnn(C)c2)C(=O)C1.I. The number of aliphatic imine (C=N–C) groups is 1. The first-order valence-electron chi connectivity index (χ1n) is 8.48. The third kappa shape index (κ3) is 6.46. The van der Waals surface area contributed by atoms with E-state index in [1.807, 2.05) is 18.1 Å². The van der Waals surface area contributed by atoms with Gasteiger partial charge in [0, 0.05) is 46.5 Å². The Balaban J connectivity index is 0.00000312. The maximum absolute atomic E-state index is 12.4. The quantitative estimate of drug-likeness (QED) is 0.283. The van der Waals surface area contributed by atoms with Gasteiger partial charge in [0.2, 0.25) is 5.91 Å². The van der Waals surface area contributed by atoms with E-state index in [0.717, 1.165) is 37.6 Å². The number of piperazine rings is 1. The number of nitrogens with one attached hydrogen (secondary N) is 1. The van der Waals surface area contributed by atoms with Crippen molar-refractivity contribution in [2.45, 2.75) is 19.8 Å². The fourth-order valence-corrected chi connectivity index (χ4v) is 2.59. The molecule has 1 aromatic rings. The van der Waals surface area contributed by atoms with Crippen LogP contribution in [0, 0.1) is 0 Å². The van der Waals surface area contributed by atoms with Crippen LogP contribution in [0.4, 0.5) is 5.69 Å². The fourth-order valence-electron chi connectivity index (χ4n) is 2.59. The molecule has 0 saturated carbocycles. The molecule has 1 N–H and O–H groups in total. The molecule has 0 atom stereocenters. The first kappa shape index (κ1) is 21.7. The van der Waals surface area contributed by atoms with Crippen molar-refractivity contribution >= 4 is 41.5 Å². The summed E-state index contributed by atoms with van der Waals surface area (Å²) in [6.07, 6.45) is 5.79. The van der Waals surface area contributed by atoms with E-state index >= 15 is 0 Å². The summed E-state index contributed by atoms with van der Waals surface area (Å²) in [7, 11) is 3.58. The first-order chi connectivity index (χ1) is 11.7. The molecule has 1 fully saturated rings. The minimum absolute atomic E-state index is 0. The Morgan fingerprint density at radius 2 is 2.20 bits per heavy atom. The van der Waals surface area contributed by atoms with Gasteiger partial charge in [-0.3, -0.25) is 14.5 Å². The molecule has 0 aromatic carbocycles. The van der Waals surface area contributed by atoms with Gasteiger partial charge in [-0.2, -0.15) is 5.10 Å². The lowest BCUT2D eigenvalue weighted by Gasteiger charge is -2.35. The standard InChI is InChI=1S/C16H28N6O2.HI/c1-4-5-9-24-10-6-18-16(17-2)21-7-8-22(15(23)13-21)14-11-19-20(3)12-14;/h11-12H,4-10,13H2,1-3H3,(H,17,18);1H. The van der Waals surface area contributed by atoms with Crippen molar-refractivity contribution in [1.29, 1.82) is 0 Å². The highest BCUT2D eigenvalue weighted by atomic mass is 127. The predicted molar refractivity (Wildman–Crippen MR) is 110 cm³/mol. The number of hydrogen-bond donors (Lipinski definition) is 1. The highest BCUT2D eigenvalue weighted by molar-refractivity contribution is 14.0. The number of nitrogens with zero attached hydrogens (tertiary/aromatic N) is 5. The normalized spacial score (nSPS) is 15.3. The Morgan fingerprint density at radius 3 is 2.80 bits per heavy atom. The number of halogens is 1. The molecule has 142 valence electrons. The van der Waals surface area contributed by atoms with Crippen molar-refractivity contribution in [2.24, 2.45) is 12.0 Å². The minimum Gasteiger partial charge on any atom is -0.380 e. The van der Waals surface area contributed by atoms with Crippen molar-refractivity contribution in [3.05, 3.63) is 12.4 Å². The number of hydrogen-bond acceptors (Lipinski definition) is 4. The molecule has 0 radical (unpaired) electrons. The molecule has 8 nitrogen and oxygen atoms in total. The Kier molecular flexibility index (Phi) is 9.79. The largest absolute Gasteiger partial charge is 0.380 e. The summed E-state index contributed by atoms with van der Waals surface area (Å²) in [5.74, 6) is 0.796. The van der Waals surface area contributed by atoms with Crippen LogP contribution in [0.25, 0.3) is 0 Å². The first-order valence-corrected chi connectivity index (χ1v) is 8.48. The number of amides is 1. The van der Waals surface area contributed by atoms with Crippen LogP contribution in [0.2, 0.25) is 0 Å². The fraction of sp³-hybridized carbons (Fsp3) is 0.688. The molecule has 0 bridgehead atoms. The van der Waals surface area contributed by atoms with Gasteiger partial charge in [-0.15, -0.1) is 24.0 Å². The third-order valence-corrected chi connectivity index (χ3v) is 3.91. The van der Waals surface area contributed by atoms with Crippen LogP contribution in [-0.2, 0) is 16.6 Å². The van der Waals surface area contributed by atoms with Crippen LogP contribution in [0.3, 0.4) is 0 Å². The van der Waals surface area contributed by atoms with Gasteiger partial charge in [-0.05, 0) is 6.42 Å². The molecule has 1 aliphatic heterocycles. The second-order valence-corrected chi connectivity index (χ2v) is 5.78. The molecule has 0 spiro atoms. The zero-order valence-electron chi connectivity index (χ0n) is 15.3. The van der Waals surface area contributed by atoms with Crippen LogP contribution < -0.4 is 10.2 Å². The van der Waals surface area contributed by atoms with E-state index in [2.05, 4.69) is 22.3 Å². The van der Waals surface area contributed by atoms with Gasteiger partial charge < -0.3 is 19.9 Å². The zero-order chi connectivity index (χ0) is 17.4. The molecule has 0 unspecified atom stereocenters. The van der Waals surface area contributed by atoms with Crippen LogP contribution in [-0.4, -0.2) is 73.0 Å². The molecule has 9 heteroatoms. The summed E-state index contributed by atoms with van der Waals surface area (Å²) < 4.78 is 7.24. The molecule has 2 rings (SSSR count). The van der Waals surface area contributed by atoms with E-state index in [9.17, 15) is 4.79 Å². The molecule has 0 aliphatic carbocycles. The molecular formula is C16H29IN6O2. The summed E-state index contributed by atoms with van der Waals surface area (Å²) >= 11 is 0. The number of aryl methyl sites for hydroxylation is 1. The van der Waals surface area contributed by atoms with E-state index < -0.39 is 0 Å². The molecule has 1 aliphatic rings. The predicted octanol–water partition coefficient (Wildman–Crippen LogP) is 1.08. The smallest absolute Gasteiger partial charge is 0.246 e. The summed E-state index contributed by atoms with van der Waals surface area (Å²) in [6, 6.07) is 0. The number of unbranched alkanes of at least 4 members (excludes halogenated alkanes) is 1. The number of ether oxygens (including phenoxy) is 1. The maximum Gasteiger partial charge on any atom is 0.246 e. The summed E-state index contributed by atoms with van der Waals surface area (Å²) in [5, 5.41) is 7.39. The number of anilines is 1. The van der Waals surface area contributed by atoms with Gasteiger partial charge in [-0.25, -0.2) is 0 Å². The molecule has 2 heterocycles. The van der Waals surface area contributed by atoms with Crippen LogP contribution >= 0.6 is 24.0 Å². The summed E-state index contributed by atoms with van der Waals surface area (Å²) in [6.45, 7) is 5.93. The van der Waals surface area contributed by atoms with Crippen molar-refractivity contribution in [3.63, 3.8) is 0 Å². The lowest BCUT2D eigenvalue weighted by Crippen LogP contribution is -2.55. The van der Waals surface area contributed by atoms with E-state index in [1.165, 1.54) is 0 Å². The summed E-state index contributed by atoms with van der Waals surface area (Å²) in [4.78, 5) is 20.4. The minimum atomic E-state index is 0. The summed E-state index contributed by atoms with van der Waals surface area (Å²) in [5.41, 5.74) is 0.842. The molecule has 1 saturated heterocycles. The average Bonchev–Trinajstić information content (AvgIpc) is 3.00. The number of carbonyl (C=O) groups excluding carboxylic acids is 1. The van der Waals surface area contributed by atoms with Crippen molar-refractivity contribution in [1.82, 2.24) is 20.0 Å². The van der Waals surface area contributed by atoms with Crippen LogP contribution in [0.1, 0.15) is 19.8 Å². The zero-order valence-corrected chi connectivity index (χ0v) is 17.6. The third-order valence-electron chi connectivity index (χ3n) is 3.91. The van der Waals surface area contributed by atoms with Crippen molar-refractivity contribution < 1.29 is 9.53 Å². The second-order valence-electron chi connectivity index (χ2n) is 5.78. The van der Waals surface area contributed by atoms with E-state index in [0.29, 0.717) is 26.2 Å². The molecule has 1 aromatic heterocycles. The van der Waals surface area contributed by atoms with E-state index in [-0.39, 0.29) is 29.9 Å². The Morgan fingerprint density at radius 1 is 1.40 bits per heavy atom. The lowest BCUT2D eigenvalue weighted by atomic mass is 10.3. The van der Waals surface area contributed by atoms with E-state index in [1.54, 1.807) is 22.8 Å². The van der Waals surface area contributed by atoms with Crippen LogP contribution in [0.5, 0.6) is 0 Å². The van der Waals surface area contributed by atoms with Crippen LogP contribution in [0.15, 0.2) is 17.4 Å².